The summed E-state index contributed by atoms with van der Waals surface area (Å²) in [7, 11) is 0. The highest BCUT2D eigenvalue weighted by molar-refractivity contribution is 5.83. The SMILES string of the molecule is Nc1cc(Nc2ccc3ncccc3c2)ccc1[N+](=O)[O-]. The minimum Gasteiger partial charge on any atom is -0.393 e. The Morgan fingerprint density at radius 2 is 1.86 bits per heavy atom. The zero-order chi connectivity index (χ0) is 14.8. The molecule has 2 aromatic carbocycles. The lowest BCUT2D eigenvalue weighted by molar-refractivity contribution is -0.383. The Kier molecular flexibility index (Phi) is 3.12. The molecule has 6 nitrogen and oxygen atoms in total. The van der Waals surface area contributed by atoms with Crippen molar-refractivity contribution in [3.8, 4) is 0 Å². The van der Waals surface area contributed by atoms with Crippen molar-refractivity contribution in [1.29, 1.82) is 0 Å². The van der Waals surface area contributed by atoms with E-state index in [9.17, 15) is 10.1 Å². The van der Waals surface area contributed by atoms with Crippen LogP contribution in [0.5, 0.6) is 0 Å². The maximum absolute atomic E-state index is 10.7. The predicted molar refractivity (Wildman–Crippen MR) is 82.5 cm³/mol. The Hall–Kier alpha value is -3.15. The minimum atomic E-state index is -0.499. The average Bonchev–Trinajstić information content (AvgIpc) is 2.47. The summed E-state index contributed by atoms with van der Waals surface area (Å²) in [6.07, 6.45) is 1.74. The van der Waals surface area contributed by atoms with Gasteiger partial charge in [0, 0.05) is 29.0 Å². The van der Waals surface area contributed by atoms with Crippen LogP contribution in [-0.4, -0.2) is 9.91 Å². The maximum Gasteiger partial charge on any atom is 0.292 e. The molecule has 104 valence electrons. The molecule has 0 aliphatic heterocycles. The molecule has 3 N–H and O–H groups in total. The number of hydrogen-bond acceptors (Lipinski definition) is 5. The van der Waals surface area contributed by atoms with Gasteiger partial charge in [-0.3, -0.25) is 15.1 Å². The van der Waals surface area contributed by atoms with Crippen molar-refractivity contribution in [3.63, 3.8) is 0 Å². The lowest BCUT2D eigenvalue weighted by Gasteiger charge is -2.08. The van der Waals surface area contributed by atoms with Gasteiger partial charge in [0.1, 0.15) is 5.69 Å². The predicted octanol–water partition coefficient (Wildman–Crippen LogP) is 3.47. The van der Waals surface area contributed by atoms with Crippen LogP contribution in [0.4, 0.5) is 22.7 Å². The van der Waals surface area contributed by atoms with Crippen molar-refractivity contribution in [3.05, 3.63) is 64.8 Å². The lowest BCUT2D eigenvalue weighted by atomic mass is 10.2. The molecule has 0 unspecified atom stereocenters. The third kappa shape index (κ3) is 2.59. The molecule has 3 aromatic rings. The van der Waals surface area contributed by atoms with Gasteiger partial charge in [-0.1, -0.05) is 6.07 Å². The van der Waals surface area contributed by atoms with E-state index in [1.165, 1.54) is 6.07 Å². The van der Waals surface area contributed by atoms with Crippen molar-refractivity contribution in [2.24, 2.45) is 0 Å². The highest BCUT2D eigenvalue weighted by Gasteiger charge is 2.11. The highest BCUT2D eigenvalue weighted by atomic mass is 16.6. The van der Waals surface area contributed by atoms with Crippen LogP contribution in [-0.2, 0) is 0 Å². The minimum absolute atomic E-state index is 0.0942. The number of nitrogens with one attached hydrogen (secondary N) is 1. The van der Waals surface area contributed by atoms with E-state index >= 15 is 0 Å². The topological polar surface area (TPSA) is 94.1 Å². The van der Waals surface area contributed by atoms with Crippen LogP contribution < -0.4 is 11.1 Å². The molecule has 6 heteroatoms. The molecule has 0 bridgehead atoms. The number of nitro benzene ring substituents is 1. The number of hydrogen-bond donors (Lipinski definition) is 2. The van der Waals surface area contributed by atoms with Crippen molar-refractivity contribution in [2.45, 2.75) is 0 Å². The first-order chi connectivity index (χ1) is 10.1. The van der Waals surface area contributed by atoms with Crippen molar-refractivity contribution in [1.82, 2.24) is 4.98 Å². The lowest BCUT2D eigenvalue weighted by Crippen LogP contribution is -1.97. The molecule has 0 radical (unpaired) electrons. The van der Waals surface area contributed by atoms with Gasteiger partial charge in [0.05, 0.1) is 10.4 Å². The number of nitrogens with zero attached hydrogens (tertiary/aromatic N) is 2. The third-order valence-corrected chi connectivity index (χ3v) is 3.12. The van der Waals surface area contributed by atoms with Crippen LogP contribution in [0.3, 0.4) is 0 Å². The summed E-state index contributed by atoms with van der Waals surface area (Å²) in [5.74, 6) is 0. The molecule has 0 amide bonds. The van der Waals surface area contributed by atoms with Gasteiger partial charge in [0.15, 0.2) is 0 Å². The summed E-state index contributed by atoms with van der Waals surface area (Å²) in [4.78, 5) is 14.5. The number of pyridine rings is 1. The summed E-state index contributed by atoms with van der Waals surface area (Å²) in [5, 5.41) is 14.9. The summed E-state index contributed by atoms with van der Waals surface area (Å²) in [5.41, 5.74) is 8.18. The molecule has 0 aliphatic carbocycles. The fraction of sp³-hybridized carbons (Fsp3) is 0. The molecule has 21 heavy (non-hydrogen) atoms. The van der Waals surface area contributed by atoms with Gasteiger partial charge in [-0.25, -0.2) is 0 Å². The molecule has 0 saturated carbocycles. The number of nitro groups is 1. The standard InChI is InChI=1S/C15H12N4O2/c16-13-9-12(4-6-15(13)19(20)21)18-11-3-5-14-10(8-11)2-1-7-17-14/h1-9,18H,16H2. The van der Waals surface area contributed by atoms with Crippen LogP contribution in [0.2, 0.25) is 0 Å². The van der Waals surface area contributed by atoms with E-state index in [1.54, 1.807) is 18.3 Å². The van der Waals surface area contributed by atoms with E-state index in [4.69, 9.17) is 5.73 Å². The summed E-state index contributed by atoms with van der Waals surface area (Å²) in [6.45, 7) is 0. The second kappa shape index (κ2) is 5.09. The van der Waals surface area contributed by atoms with Gasteiger partial charge in [0.25, 0.3) is 5.69 Å². The van der Waals surface area contributed by atoms with Gasteiger partial charge >= 0.3 is 0 Å². The van der Waals surface area contributed by atoms with E-state index in [-0.39, 0.29) is 11.4 Å². The van der Waals surface area contributed by atoms with E-state index in [1.807, 2.05) is 30.3 Å². The second-order valence-electron chi connectivity index (χ2n) is 4.57. The van der Waals surface area contributed by atoms with Crippen molar-refractivity contribution in [2.75, 3.05) is 11.1 Å². The Morgan fingerprint density at radius 1 is 1.10 bits per heavy atom. The van der Waals surface area contributed by atoms with E-state index < -0.39 is 4.92 Å². The smallest absolute Gasteiger partial charge is 0.292 e. The summed E-state index contributed by atoms with van der Waals surface area (Å²) in [6, 6.07) is 14.2. The first kappa shape index (κ1) is 12.9. The summed E-state index contributed by atoms with van der Waals surface area (Å²) < 4.78 is 0. The second-order valence-corrected chi connectivity index (χ2v) is 4.57. The molecule has 0 atom stereocenters. The third-order valence-electron chi connectivity index (χ3n) is 3.12. The normalized spacial score (nSPS) is 10.5. The number of anilines is 3. The number of benzene rings is 2. The van der Waals surface area contributed by atoms with E-state index in [2.05, 4.69) is 10.3 Å². The average molecular weight is 280 g/mol. The molecule has 0 spiro atoms. The fourth-order valence-electron chi connectivity index (χ4n) is 2.12. The quantitative estimate of drug-likeness (QED) is 0.435. The van der Waals surface area contributed by atoms with Gasteiger partial charge in [-0.2, -0.15) is 0 Å². The van der Waals surface area contributed by atoms with Gasteiger partial charge < -0.3 is 11.1 Å². The number of aromatic nitrogens is 1. The fourth-order valence-corrected chi connectivity index (χ4v) is 2.12. The van der Waals surface area contributed by atoms with Crippen LogP contribution in [0.25, 0.3) is 10.9 Å². The van der Waals surface area contributed by atoms with Gasteiger partial charge in [-0.15, -0.1) is 0 Å². The molecule has 3 rings (SSSR count). The Labute approximate surface area is 120 Å². The number of rotatable bonds is 3. The molecule has 1 heterocycles. The zero-order valence-electron chi connectivity index (χ0n) is 11.0. The highest BCUT2D eigenvalue weighted by Crippen LogP contribution is 2.27. The monoisotopic (exact) mass is 280 g/mol. The van der Waals surface area contributed by atoms with E-state index in [0.29, 0.717) is 5.69 Å². The van der Waals surface area contributed by atoms with Crippen LogP contribution in [0, 0.1) is 10.1 Å². The van der Waals surface area contributed by atoms with Crippen molar-refractivity contribution >= 4 is 33.7 Å². The number of fused-ring (bicyclic) bond motifs is 1. The summed E-state index contributed by atoms with van der Waals surface area (Å²) >= 11 is 0. The van der Waals surface area contributed by atoms with Crippen LogP contribution in [0.1, 0.15) is 0 Å². The Balaban J connectivity index is 1.91. The largest absolute Gasteiger partial charge is 0.393 e. The van der Waals surface area contributed by atoms with Crippen LogP contribution in [0.15, 0.2) is 54.7 Å². The molecule has 0 aliphatic rings. The Morgan fingerprint density at radius 3 is 2.62 bits per heavy atom. The van der Waals surface area contributed by atoms with Crippen LogP contribution >= 0.6 is 0 Å². The molecular weight excluding hydrogens is 268 g/mol. The Bertz CT molecular complexity index is 833. The van der Waals surface area contributed by atoms with Crippen molar-refractivity contribution < 1.29 is 4.92 Å². The van der Waals surface area contributed by atoms with Gasteiger partial charge in [-0.05, 0) is 36.4 Å². The first-order valence-corrected chi connectivity index (χ1v) is 6.29. The first-order valence-electron chi connectivity index (χ1n) is 6.29. The number of nitrogens with two attached hydrogens (primary N) is 1. The maximum atomic E-state index is 10.7. The molecule has 0 fully saturated rings. The van der Waals surface area contributed by atoms with E-state index in [0.717, 1.165) is 16.6 Å². The van der Waals surface area contributed by atoms with Gasteiger partial charge in [0.2, 0.25) is 0 Å². The molecular formula is C15H12N4O2. The number of nitrogen functional groups attached to an aromatic ring is 1. The molecule has 1 aromatic heterocycles. The molecule has 0 saturated heterocycles. The zero-order valence-corrected chi connectivity index (χ0v) is 11.0.